The van der Waals surface area contributed by atoms with Crippen LogP contribution in [0.4, 0.5) is 8.78 Å². The Hall–Kier alpha value is -2.94. The van der Waals surface area contributed by atoms with Crippen LogP contribution in [-0.2, 0) is 4.79 Å². The molecule has 1 aromatic heterocycles. The van der Waals surface area contributed by atoms with Gasteiger partial charge >= 0.3 is 6.61 Å². The number of hydrogen-bond donors (Lipinski definition) is 0. The number of para-hydroxylation sites is 1. The number of halogens is 2. The van der Waals surface area contributed by atoms with E-state index < -0.39 is 11.9 Å². The summed E-state index contributed by atoms with van der Waals surface area (Å²) in [6.07, 6.45) is 5.47. The average Bonchev–Trinajstić information content (AvgIpc) is 2.84. The van der Waals surface area contributed by atoms with Crippen LogP contribution < -0.4 is 10.3 Å². The Bertz CT molecular complexity index is 1210. The molecule has 1 heterocycles. The summed E-state index contributed by atoms with van der Waals surface area (Å²) in [7, 11) is 1.85. The Balaban J connectivity index is 1.68. The van der Waals surface area contributed by atoms with E-state index in [4.69, 9.17) is 0 Å². The summed E-state index contributed by atoms with van der Waals surface area (Å²) in [4.78, 5) is 33.1. The van der Waals surface area contributed by atoms with E-state index in [1.807, 2.05) is 18.9 Å². The molecule has 3 aromatic rings. The van der Waals surface area contributed by atoms with Gasteiger partial charge in [-0.25, -0.2) is 4.98 Å². The van der Waals surface area contributed by atoms with Gasteiger partial charge in [0.15, 0.2) is 5.16 Å². The largest absolute Gasteiger partial charge is 0.435 e. The SMILES string of the molecule is CC(Sc1nc2ccccc2c(=O)n1-c1ccc(OC(F)F)cc1)C(=O)N(C)C1CCCCC1. The maximum atomic E-state index is 13.4. The summed E-state index contributed by atoms with van der Waals surface area (Å²) in [5.74, 6) is -0.0149. The summed E-state index contributed by atoms with van der Waals surface area (Å²) in [6.45, 7) is -1.12. The fourth-order valence-corrected chi connectivity index (χ4v) is 5.37. The van der Waals surface area contributed by atoms with Crippen molar-refractivity contribution in [1.82, 2.24) is 14.5 Å². The van der Waals surface area contributed by atoms with Gasteiger partial charge in [0.25, 0.3) is 5.56 Å². The molecule has 1 fully saturated rings. The molecule has 180 valence electrons. The third-order valence-electron chi connectivity index (χ3n) is 6.17. The van der Waals surface area contributed by atoms with Gasteiger partial charge in [-0.3, -0.25) is 14.2 Å². The molecule has 1 amide bonds. The predicted molar refractivity (Wildman–Crippen MR) is 129 cm³/mol. The van der Waals surface area contributed by atoms with Crippen molar-refractivity contribution in [2.75, 3.05) is 7.05 Å². The van der Waals surface area contributed by atoms with Gasteiger partial charge in [-0.15, -0.1) is 0 Å². The maximum absolute atomic E-state index is 13.4. The van der Waals surface area contributed by atoms with E-state index in [2.05, 4.69) is 9.72 Å². The predicted octanol–water partition coefficient (Wildman–Crippen LogP) is 5.26. The fourth-order valence-electron chi connectivity index (χ4n) is 4.34. The van der Waals surface area contributed by atoms with Crippen LogP contribution in [0.25, 0.3) is 16.6 Å². The summed E-state index contributed by atoms with van der Waals surface area (Å²) < 4.78 is 30.9. The van der Waals surface area contributed by atoms with Crippen molar-refractivity contribution in [3.05, 3.63) is 58.9 Å². The second-order valence-corrected chi connectivity index (χ2v) is 9.73. The van der Waals surface area contributed by atoms with Crippen molar-refractivity contribution in [3.63, 3.8) is 0 Å². The molecule has 1 atom stereocenters. The Morgan fingerprint density at radius 3 is 2.47 bits per heavy atom. The molecule has 4 rings (SSSR count). The average molecular weight is 488 g/mol. The molecule has 1 saturated carbocycles. The van der Waals surface area contributed by atoms with Crippen molar-refractivity contribution in [1.29, 1.82) is 0 Å². The Morgan fingerprint density at radius 1 is 1.12 bits per heavy atom. The molecule has 1 unspecified atom stereocenters. The number of rotatable bonds is 7. The highest BCUT2D eigenvalue weighted by Crippen LogP contribution is 2.29. The maximum Gasteiger partial charge on any atom is 0.387 e. The minimum atomic E-state index is -2.94. The van der Waals surface area contributed by atoms with Gasteiger partial charge in [0.1, 0.15) is 5.75 Å². The first-order valence-corrected chi connectivity index (χ1v) is 12.2. The van der Waals surface area contributed by atoms with Crippen LogP contribution in [0.3, 0.4) is 0 Å². The van der Waals surface area contributed by atoms with E-state index >= 15 is 0 Å². The second-order valence-electron chi connectivity index (χ2n) is 8.43. The van der Waals surface area contributed by atoms with Crippen molar-refractivity contribution < 1.29 is 18.3 Å². The van der Waals surface area contributed by atoms with Crippen LogP contribution in [0, 0.1) is 0 Å². The van der Waals surface area contributed by atoms with Crippen molar-refractivity contribution >= 4 is 28.6 Å². The fraction of sp³-hybridized carbons (Fsp3) is 0.400. The number of hydrogen-bond acceptors (Lipinski definition) is 5. The van der Waals surface area contributed by atoms with Crippen molar-refractivity contribution in [2.45, 2.75) is 62.1 Å². The zero-order valence-electron chi connectivity index (χ0n) is 19.1. The quantitative estimate of drug-likeness (QED) is 0.336. The number of amides is 1. The number of carbonyl (C=O) groups is 1. The molecule has 0 N–H and O–H groups in total. The molecule has 0 aliphatic heterocycles. The number of thioether (sulfide) groups is 1. The zero-order valence-corrected chi connectivity index (χ0v) is 19.9. The third-order valence-corrected chi connectivity index (χ3v) is 7.20. The summed E-state index contributed by atoms with van der Waals surface area (Å²) >= 11 is 1.22. The molecule has 1 aliphatic carbocycles. The topological polar surface area (TPSA) is 64.4 Å². The normalized spacial score (nSPS) is 15.4. The van der Waals surface area contributed by atoms with Crippen LogP contribution in [0.2, 0.25) is 0 Å². The van der Waals surface area contributed by atoms with E-state index in [-0.39, 0.29) is 23.3 Å². The number of alkyl halides is 2. The molecule has 0 spiro atoms. The smallest absolute Gasteiger partial charge is 0.387 e. The van der Waals surface area contributed by atoms with E-state index in [1.165, 1.54) is 47.0 Å². The number of nitrogens with zero attached hydrogens (tertiary/aromatic N) is 3. The molecule has 2 aromatic carbocycles. The number of aromatic nitrogens is 2. The second kappa shape index (κ2) is 10.5. The van der Waals surface area contributed by atoms with Crippen LogP contribution in [-0.4, -0.2) is 45.3 Å². The highest BCUT2D eigenvalue weighted by atomic mass is 32.2. The molecule has 9 heteroatoms. The number of ether oxygens (including phenoxy) is 1. The Morgan fingerprint density at radius 2 is 1.79 bits per heavy atom. The van der Waals surface area contributed by atoms with E-state index in [1.54, 1.807) is 24.3 Å². The molecule has 0 bridgehead atoms. The van der Waals surface area contributed by atoms with E-state index in [0.717, 1.165) is 25.7 Å². The van der Waals surface area contributed by atoms with Crippen LogP contribution >= 0.6 is 11.8 Å². The lowest BCUT2D eigenvalue weighted by Gasteiger charge is -2.32. The van der Waals surface area contributed by atoms with Crippen molar-refractivity contribution in [3.8, 4) is 11.4 Å². The monoisotopic (exact) mass is 487 g/mol. The lowest BCUT2D eigenvalue weighted by Crippen LogP contribution is -2.42. The highest BCUT2D eigenvalue weighted by molar-refractivity contribution is 8.00. The van der Waals surface area contributed by atoms with Crippen molar-refractivity contribution in [2.24, 2.45) is 0 Å². The first-order chi connectivity index (χ1) is 16.3. The Labute approximate surface area is 200 Å². The molecule has 1 aliphatic rings. The first kappa shape index (κ1) is 24.2. The number of carbonyl (C=O) groups excluding carboxylic acids is 1. The minimum absolute atomic E-state index is 0.00703. The van der Waals surface area contributed by atoms with Gasteiger partial charge in [0.2, 0.25) is 5.91 Å². The van der Waals surface area contributed by atoms with E-state index in [0.29, 0.717) is 21.7 Å². The van der Waals surface area contributed by atoms with Crippen LogP contribution in [0.5, 0.6) is 5.75 Å². The van der Waals surface area contributed by atoms with Gasteiger partial charge in [0.05, 0.1) is 21.8 Å². The molecule has 6 nitrogen and oxygen atoms in total. The molecular formula is C25H27F2N3O3S. The zero-order chi connectivity index (χ0) is 24.2. The van der Waals surface area contributed by atoms with Crippen LogP contribution in [0.1, 0.15) is 39.0 Å². The lowest BCUT2D eigenvalue weighted by atomic mass is 9.94. The summed E-state index contributed by atoms with van der Waals surface area (Å²) in [6, 6.07) is 13.1. The van der Waals surface area contributed by atoms with Gasteiger partial charge in [-0.05, 0) is 56.2 Å². The van der Waals surface area contributed by atoms with Gasteiger partial charge in [-0.1, -0.05) is 43.2 Å². The minimum Gasteiger partial charge on any atom is -0.435 e. The van der Waals surface area contributed by atoms with E-state index in [9.17, 15) is 18.4 Å². The summed E-state index contributed by atoms with van der Waals surface area (Å²) in [5.41, 5.74) is 0.688. The number of benzene rings is 2. The molecule has 0 saturated heterocycles. The molecular weight excluding hydrogens is 460 g/mol. The standard InChI is InChI=1S/C25H27F2N3O3S/c1-16(22(31)29(2)17-8-4-3-5-9-17)34-25-28-21-11-7-6-10-20(21)23(32)30(25)18-12-14-19(15-13-18)33-24(26)27/h6-7,10-17,24H,3-5,8-9H2,1-2H3. The van der Waals surface area contributed by atoms with Crippen LogP contribution in [0.15, 0.2) is 58.5 Å². The van der Waals surface area contributed by atoms with Gasteiger partial charge in [-0.2, -0.15) is 8.78 Å². The highest BCUT2D eigenvalue weighted by Gasteiger charge is 2.27. The number of fused-ring (bicyclic) bond motifs is 1. The lowest BCUT2D eigenvalue weighted by molar-refractivity contribution is -0.131. The third kappa shape index (κ3) is 5.24. The molecule has 0 radical (unpaired) electrons. The summed E-state index contributed by atoms with van der Waals surface area (Å²) in [5, 5.41) is 0.329. The molecule has 34 heavy (non-hydrogen) atoms. The first-order valence-electron chi connectivity index (χ1n) is 11.4. The Kier molecular flexibility index (Phi) is 7.50. The van der Waals surface area contributed by atoms with Gasteiger partial charge in [0, 0.05) is 13.1 Å². The van der Waals surface area contributed by atoms with Gasteiger partial charge < -0.3 is 9.64 Å².